The minimum atomic E-state index is -0.490. The second-order valence-electron chi connectivity index (χ2n) is 6.30. The van der Waals surface area contributed by atoms with Crippen molar-refractivity contribution in [3.05, 3.63) is 86.9 Å². The van der Waals surface area contributed by atoms with Gasteiger partial charge in [-0.2, -0.15) is 5.26 Å². The Labute approximate surface area is 169 Å². The van der Waals surface area contributed by atoms with E-state index in [4.69, 9.17) is 4.42 Å². The highest BCUT2D eigenvalue weighted by atomic mass is 32.1. The van der Waals surface area contributed by atoms with E-state index in [-0.39, 0.29) is 11.4 Å². The number of thiazole rings is 1. The fourth-order valence-electron chi connectivity index (χ4n) is 2.74. The first-order valence-corrected chi connectivity index (χ1v) is 9.55. The summed E-state index contributed by atoms with van der Waals surface area (Å²) in [5.74, 6) is -0.332. The Balaban J connectivity index is 1.65. The fraction of sp³-hybridized carbons (Fsp3) is 0.0455. The van der Waals surface area contributed by atoms with Gasteiger partial charge in [-0.3, -0.25) is 0 Å². The van der Waals surface area contributed by atoms with E-state index in [1.165, 1.54) is 23.6 Å². The van der Waals surface area contributed by atoms with Crippen molar-refractivity contribution in [1.29, 1.82) is 5.26 Å². The zero-order valence-corrected chi connectivity index (χ0v) is 16.1. The summed E-state index contributed by atoms with van der Waals surface area (Å²) in [5.41, 5.74) is 2.11. The Hall–Kier alpha value is -3.76. The molecule has 2 heterocycles. The Morgan fingerprint density at radius 1 is 1.28 bits per heavy atom. The molecule has 0 atom stereocenters. The number of fused-ring (bicyclic) bond motifs is 1. The molecule has 5 nitrogen and oxygen atoms in total. The third kappa shape index (κ3) is 3.79. The maximum absolute atomic E-state index is 13.7. The minimum Gasteiger partial charge on any atom is -0.422 e. The van der Waals surface area contributed by atoms with Gasteiger partial charge in [-0.25, -0.2) is 14.2 Å². The Bertz CT molecular complexity index is 1350. The van der Waals surface area contributed by atoms with Gasteiger partial charge in [0.15, 0.2) is 0 Å². The lowest BCUT2D eigenvalue weighted by atomic mass is 10.1. The van der Waals surface area contributed by atoms with Crippen LogP contribution in [0.4, 0.5) is 10.1 Å². The molecule has 0 radical (unpaired) electrons. The molecule has 0 bridgehead atoms. The lowest BCUT2D eigenvalue weighted by Crippen LogP contribution is -2.02. The number of nitrogens with one attached hydrogen (secondary N) is 1. The number of allylic oxidation sites excluding steroid dienone is 1. The van der Waals surface area contributed by atoms with Crippen LogP contribution in [0.5, 0.6) is 0 Å². The SMILES string of the molecule is Cc1ccc(NC=C(C#N)c2nc(-c3cc4ccccc4oc3=O)cs2)cc1F. The molecule has 0 aliphatic heterocycles. The highest BCUT2D eigenvalue weighted by Crippen LogP contribution is 2.26. The molecule has 0 saturated carbocycles. The summed E-state index contributed by atoms with van der Waals surface area (Å²) >= 11 is 1.24. The van der Waals surface area contributed by atoms with Gasteiger partial charge in [0.25, 0.3) is 0 Å². The predicted octanol–water partition coefficient (Wildman–Crippen LogP) is 5.34. The summed E-state index contributed by atoms with van der Waals surface area (Å²) < 4.78 is 19.0. The van der Waals surface area contributed by atoms with Crippen molar-refractivity contribution < 1.29 is 8.81 Å². The van der Waals surface area contributed by atoms with Crippen molar-refractivity contribution >= 4 is 33.6 Å². The number of aryl methyl sites for hydroxylation is 1. The van der Waals surface area contributed by atoms with Crippen molar-refractivity contribution in [3.63, 3.8) is 0 Å². The molecule has 0 unspecified atom stereocenters. The number of anilines is 1. The molecule has 0 aliphatic rings. The van der Waals surface area contributed by atoms with Gasteiger partial charge in [0.1, 0.15) is 28.1 Å². The second-order valence-corrected chi connectivity index (χ2v) is 7.16. The molecule has 142 valence electrons. The largest absolute Gasteiger partial charge is 0.422 e. The van der Waals surface area contributed by atoms with Crippen molar-refractivity contribution in [2.24, 2.45) is 0 Å². The summed E-state index contributed by atoms with van der Waals surface area (Å²) in [5, 5.41) is 15.3. The molecule has 0 amide bonds. The molecule has 0 spiro atoms. The number of nitriles is 1. The molecule has 0 saturated heterocycles. The number of halogens is 1. The smallest absolute Gasteiger partial charge is 0.345 e. The van der Waals surface area contributed by atoms with Crippen LogP contribution in [0.3, 0.4) is 0 Å². The van der Waals surface area contributed by atoms with Crippen LogP contribution in [-0.2, 0) is 0 Å². The first kappa shape index (κ1) is 18.6. The van der Waals surface area contributed by atoms with Gasteiger partial charge in [-0.05, 0) is 36.8 Å². The molecule has 2 aromatic carbocycles. The van der Waals surface area contributed by atoms with Crippen molar-refractivity contribution in [1.82, 2.24) is 4.98 Å². The summed E-state index contributed by atoms with van der Waals surface area (Å²) in [7, 11) is 0. The number of hydrogen-bond acceptors (Lipinski definition) is 6. The molecule has 0 fully saturated rings. The minimum absolute atomic E-state index is 0.271. The number of rotatable bonds is 4. The van der Waals surface area contributed by atoms with Crippen molar-refractivity contribution in [3.8, 4) is 17.3 Å². The van der Waals surface area contributed by atoms with Gasteiger partial charge in [-0.15, -0.1) is 11.3 Å². The molecule has 0 aliphatic carbocycles. The summed E-state index contributed by atoms with van der Waals surface area (Å²) in [4.78, 5) is 16.7. The van der Waals surface area contributed by atoms with E-state index in [0.717, 1.165) is 5.39 Å². The zero-order valence-electron chi connectivity index (χ0n) is 15.3. The molecule has 4 aromatic rings. The van der Waals surface area contributed by atoms with Crippen LogP contribution in [0.25, 0.3) is 27.8 Å². The topological polar surface area (TPSA) is 78.9 Å². The first-order chi connectivity index (χ1) is 14.0. The number of aromatic nitrogens is 1. The van der Waals surface area contributed by atoms with E-state index < -0.39 is 5.63 Å². The van der Waals surface area contributed by atoms with Gasteiger partial charge in [0, 0.05) is 22.7 Å². The second kappa shape index (κ2) is 7.70. The lowest BCUT2D eigenvalue weighted by Gasteiger charge is -2.03. The van der Waals surface area contributed by atoms with E-state index in [9.17, 15) is 14.4 Å². The van der Waals surface area contributed by atoms with Crippen LogP contribution in [0.1, 0.15) is 10.6 Å². The monoisotopic (exact) mass is 403 g/mol. The number of benzene rings is 2. The van der Waals surface area contributed by atoms with Crippen LogP contribution in [-0.4, -0.2) is 4.98 Å². The van der Waals surface area contributed by atoms with Crippen molar-refractivity contribution in [2.75, 3.05) is 5.32 Å². The summed E-state index contributed by atoms with van der Waals surface area (Å²) in [6, 6.07) is 15.7. The molecule has 1 N–H and O–H groups in total. The normalized spacial score (nSPS) is 11.4. The van der Waals surface area contributed by atoms with E-state index in [2.05, 4.69) is 16.4 Å². The first-order valence-electron chi connectivity index (χ1n) is 8.67. The number of nitrogens with zero attached hydrogens (tertiary/aromatic N) is 2. The third-order valence-corrected chi connectivity index (χ3v) is 5.20. The summed E-state index contributed by atoms with van der Waals surface area (Å²) in [6.07, 6.45) is 1.47. The fourth-order valence-corrected chi connectivity index (χ4v) is 3.53. The van der Waals surface area contributed by atoms with E-state index in [1.54, 1.807) is 42.6 Å². The zero-order chi connectivity index (χ0) is 20.4. The van der Waals surface area contributed by atoms with Gasteiger partial charge in [0.05, 0.1) is 11.3 Å². The van der Waals surface area contributed by atoms with E-state index in [1.807, 2.05) is 12.1 Å². The van der Waals surface area contributed by atoms with Gasteiger partial charge in [0.2, 0.25) is 0 Å². The van der Waals surface area contributed by atoms with Crippen molar-refractivity contribution in [2.45, 2.75) is 6.92 Å². The highest BCUT2D eigenvalue weighted by Gasteiger charge is 2.13. The van der Waals surface area contributed by atoms with Crippen LogP contribution >= 0.6 is 11.3 Å². The standard InChI is InChI=1S/C22H14FN3O2S/c1-13-6-7-16(9-18(13)23)25-11-15(10-24)21-26-19(12-29-21)17-8-14-4-2-3-5-20(14)28-22(17)27/h2-9,11-12,25H,1H3. The van der Waals surface area contributed by atoms with Gasteiger partial charge < -0.3 is 9.73 Å². The predicted molar refractivity (Wildman–Crippen MR) is 112 cm³/mol. The Morgan fingerprint density at radius 2 is 2.10 bits per heavy atom. The van der Waals surface area contributed by atoms with E-state index >= 15 is 0 Å². The van der Waals surface area contributed by atoms with Crippen LogP contribution in [0, 0.1) is 24.1 Å². The number of para-hydroxylation sites is 1. The Kier molecular flexibility index (Phi) is 4.94. The molecule has 4 rings (SSSR count). The van der Waals surface area contributed by atoms with Gasteiger partial charge >= 0.3 is 5.63 Å². The van der Waals surface area contributed by atoms with Crippen LogP contribution in [0.2, 0.25) is 0 Å². The molecule has 7 heteroatoms. The maximum atomic E-state index is 13.7. The number of hydrogen-bond donors (Lipinski definition) is 1. The molecule has 2 aromatic heterocycles. The quantitative estimate of drug-likeness (QED) is 0.367. The van der Waals surface area contributed by atoms with Crippen LogP contribution < -0.4 is 10.9 Å². The van der Waals surface area contributed by atoms with Crippen LogP contribution in [0.15, 0.2) is 69.3 Å². The third-order valence-electron chi connectivity index (χ3n) is 4.33. The molecule has 29 heavy (non-hydrogen) atoms. The highest BCUT2D eigenvalue weighted by molar-refractivity contribution is 7.11. The molecular weight excluding hydrogens is 389 g/mol. The maximum Gasteiger partial charge on any atom is 0.345 e. The average Bonchev–Trinajstić information content (AvgIpc) is 3.20. The lowest BCUT2D eigenvalue weighted by molar-refractivity contribution is 0.563. The Morgan fingerprint density at radius 3 is 2.90 bits per heavy atom. The average molecular weight is 403 g/mol. The molecular formula is C22H14FN3O2S. The van der Waals surface area contributed by atoms with Gasteiger partial charge in [-0.1, -0.05) is 24.3 Å². The van der Waals surface area contributed by atoms with E-state index in [0.29, 0.717) is 33.1 Å². The summed E-state index contributed by atoms with van der Waals surface area (Å²) in [6.45, 7) is 1.68.